The summed E-state index contributed by atoms with van der Waals surface area (Å²) >= 11 is 0. The number of aromatic nitrogens is 3. The number of aromatic amines is 1. The van der Waals surface area contributed by atoms with Crippen LogP contribution >= 0.6 is 0 Å². The summed E-state index contributed by atoms with van der Waals surface area (Å²) in [5.41, 5.74) is 3.46. The lowest BCUT2D eigenvalue weighted by atomic mass is 9.83. The van der Waals surface area contributed by atoms with Crippen LogP contribution in [0.2, 0.25) is 0 Å². The van der Waals surface area contributed by atoms with Gasteiger partial charge in [0.05, 0.1) is 31.3 Å². The normalized spacial score (nSPS) is 14.8. The molecule has 2 aromatic carbocycles. The summed E-state index contributed by atoms with van der Waals surface area (Å²) in [6.07, 6.45) is 5.20. The lowest BCUT2D eigenvalue weighted by Crippen LogP contribution is -2.14. The Morgan fingerprint density at radius 2 is 1.78 bits per heavy atom. The van der Waals surface area contributed by atoms with Crippen molar-refractivity contribution in [3.8, 4) is 39.8 Å². The van der Waals surface area contributed by atoms with Crippen molar-refractivity contribution in [3.05, 3.63) is 75.5 Å². The first-order chi connectivity index (χ1) is 18.1. The zero-order chi connectivity index (χ0) is 25.9. The van der Waals surface area contributed by atoms with E-state index in [4.69, 9.17) is 13.9 Å². The van der Waals surface area contributed by atoms with Gasteiger partial charge in [-0.15, -0.1) is 10.2 Å². The number of ether oxygens (including phenoxy) is 2. The van der Waals surface area contributed by atoms with Gasteiger partial charge in [-0.05, 0) is 55.4 Å². The van der Waals surface area contributed by atoms with Crippen LogP contribution in [0.3, 0.4) is 0 Å². The van der Waals surface area contributed by atoms with Crippen LogP contribution in [0.1, 0.15) is 61.2 Å². The summed E-state index contributed by atoms with van der Waals surface area (Å²) in [6, 6.07) is 13.6. The average molecular weight is 502 g/mol. The lowest BCUT2D eigenvalue weighted by molar-refractivity contribution is 0.396. The van der Waals surface area contributed by atoms with Crippen LogP contribution < -0.4 is 15.0 Å². The number of nitrogens with one attached hydrogen (secondary N) is 1. The van der Waals surface area contributed by atoms with Crippen molar-refractivity contribution in [1.82, 2.24) is 15.2 Å². The van der Waals surface area contributed by atoms with Gasteiger partial charge in [0.15, 0.2) is 0 Å². The van der Waals surface area contributed by atoms with Gasteiger partial charge in [-0.2, -0.15) is 0 Å². The number of hydrogen-bond acceptors (Lipinski definition) is 7. The first-order valence-corrected chi connectivity index (χ1v) is 12.7. The summed E-state index contributed by atoms with van der Waals surface area (Å²) in [6.45, 7) is 2.07. The fraction of sp³-hybridized carbons (Fsp3) is 0.345. The number of fused-ring (bicyclic) bond motifs is 1. The number of rotatable bonds is 8. The van der Waals surface area contributed by atoms with E-state index in [1.165, 1.54) is 5.56 Å². The van der Waals surface area contributed by atoms with Crippen molar-refractivity contribution in [3.63, 3.8) is 0 Å². The molecule has 37 heavy (non-hydrogen) atoms. The zero-order valence-electron chi connectivity index (χ0n) is 21.3. The molecule has 0 radical (unpaired) electrons. The van der Waals surface area contributed by atoms with Crippen LogP contribution in [0.15, 0.2) is 51.7 Å². The second kappa shape index (κ2) is 10.5. The fourth-order valence-electron chi connectivity index (χ4n) is 5.23. The van der Waals surface area contributed by atoms with E-state index < -0.39 is 5.56 Å². The smallest absolute Gasteiger partial charge is 0.264 e. The van der Waals surface area contributed by atoms with Gasteiger partial charge in [0.25, 0.3) is 11.4 Å². The van der Waals surface area contributed by atoms with Gasteiger partial charge in [-0.1, -0.05) is 43.7 Å². The number of methoxy groups -OCH3 is 2. The van der Waals surface area contributed by atoms with Crippen LogP contribution in [0, 0.1) is 0 Å². The highest BCUT2D eigenvalue weighted by Crippen LogP contribution is 2.46. The molecule has 0 aliphatic heterocycles. The number of benzene rings is 2. The molecule has 0 bridgehead atoms. The van der Waals surface area contributed by atoms with Crippen molar-refractivity contribution in [2.45, 2.75) is 51.4 Å². The third-order valence-electron chi connectivity index (χ3n) is 7.05. The molecule has 8 nitrogen and oxygen atoms in total. The van der Waals surface area contributed by atoms with Crippen LogP contribution in [0.4, 0.5) is 0 Å². The Labute approximate surface area is 215 Å². The van der Waals surface area contributed by atoms with Gasteiger partial charge in [0, 0.05) is 5.69 Å². The maximum absolute atomic E-state index is 13.3. The summed E-state index contributed by atoms with van der Waals surface area (Å²) in [5, 5.41) is 20.1. The second-order valence-electron chi connectivity index (χ2n) is 9.26. The number of unbranched alkanes of at least 4 members (excludes halogenated alkanes) is 1. The molecule has 0 saturated heterocycles. The predicted molar refractivity (Wildman–Crippen MR) is 140 cm³/mol. The number of nitrogens with zero attached hydrogens (tertiary/aromatic N) is 2. The van der Waals surface area contributed by atoms with E-state index in [2.05, 4.69) is 34.2 Å². The Kier molecular flexibility index (Phi) is 6.99. The maximum atomic E-state index is 13.3. The SMILES string of the molecule is CCCCc1[nH]c(=O)c(-c2nnc(C3CCCc4ccccc43)o2)c(O)c1-c1c(OC)cccc1OC. The molecule has 5 rings (SSSR count). The van der Waals surface area contributed by atoms with Crippen LogP contribution in [-0.4, -0.2) is 34.5 Å². The third-order valence-corrected chi connectivity index (χ3v) is 7.05. The van der Waals surface area contributed by atoms with Gasteiger partial charge in [-0.25, -0.2) is 0 Å². The molecule has 1 unspecified atom stereocenters. The topological polar surface area (TPSA) is 110 Å². The van der Waals surface area contributed by atoms with E-state index in [1.54, 1.807) is 26.4 Å². The largest absolute Gasteiger partial charge is 0.506 e. The summed E-state index contributed by atoms with van der Waals surface area (Å²) in [4.78, 5) is 16.3. The van der Waals surface area contributed by atoms with Crippen molar-refractivity contribution >= 4 is 0 Å². The molecule has 0 fully saturated rings. The monoisotopic (exact) mass is 501 g/mol. The molecule has 0 amide bonds. The first-order valence-electron chi connectivity index (χ1n) is 12.7. The molecule has 192 valence electrons. The third kappa shape index (κ3) is 4.48. The molecule has 1 atom stereocenters. The number of hydrogen-bond donors (Lipinski definition) is 2. The molecule has 0 saturated carbocycles. The summed E-state index contributed by atoms with van der Waals surface area (Å²) < 4.78 is 17.3. The van der Waals surface area contributed by atoms with E-state index in [9.17, 15) is 9.90 Å². The number of aryl methyl sites for hydroxylation is 2. The van der Waals surface area contributed by atoms with Gasteiger partial charge in [-0.3, -0.25) is 4.79 Å². The highest BCUT2D eigenvalue weighted by molar-refractivity contribution is 5.87. The van der Waals surface area contributed by atoms with Gasteiger partial charge >= 0.3 is 0 Å². The van der Waals surface area contributed by atoms with Crippen molar-refractivity contribution in [2.24, 2.45) is 0 Å². The molecule has 2 aromatic heterocycles. The lowest BCUT2D eigenvalue weighted by Gasteiger charge is -2.22. The number of aromatic hydroxyl groups is 1. The highest BCUT2D eigenvalue weighted by atomic mass is 16.5. The van der Waals surface area contributed by atoms with E-state index in [1.807, 2.05) is 18.2 Å². The minimum absolute atomic E-state index is 0.0195. The zero-order valence-corrected chi connectivity index (χ0v) is 21.3. The van der Waals surface area contributed by atoms with Crippen molar-refractivity contribution in [1.29, 1.82) is 0 Å². The second-order valence-corrected chi connectivity index (χ2v) is 9.26. The van der Waals surface area contributed by atoms with E-state index in [0.717, 1.165) is 37.7 Å². The van der Waals surface area contributed by atoms with E-state index >= 15 is 0 Å². The number of pyridine rings is 1. The minimum atomic E-state index is -0.486. The summed E-state index contributed by atoms with van der Waals surface area (Å²) in [5.74, 6) is 1.15. The molecular weight excluding hydrogens is 470 g/mol. The Morgan fingerprint density at radius 1 is 1.03 bits per heavy atom. The molecule has 1 aliphatic carbocycles. The molecule has 0 spiro atoms. The predicted octanol–water partition coefficient (Wildman–Crippen LogP) is 5.63. The first kappa shape index (κ1) is 24.6. The van der Waals surface area contributed by atoms with Gasteiger partial charge in [0.1, 0.15) is 22.8 Å². The van der Waals surface area contributed by atoms with Crippen molar-refractivity contribution in [2.75, 3.05) is 14.2 Å². The molecule has 2 heterocycles. The van der Waals surface area contributed by atoms with Crippen LogP contribution in [0.25, 0.3) is 22.6 Å². The van der Waals surface area contributed by atoms with Crippen LogP contribution in [0.5, 0.6) is 17.2 Å². The quantitative estimate of drug-likeness (QED) is 0.322. The fourth-order valence-corrected chi connectivity index (χ4v) is 5.23. The Balaban J connectivity index is 1.67. The van der Waals surface area contributed by atoms with E-state index in [0.29, 0.717) is 40.6 Å². The molecule has 4 aromatic rings. The van der Waals surface area contributed by atoms with Crippen molar-refractivity contribution < 1.29 is 19.0 Å². The van der Waals surface area contributed by atoms with Crippen LogP contribution in [-0.2, 0) is 12.8 Å². The molecule has 2 N–H and O–H groups in total. The Bertz CT molecular complexity index is 1450. The number of H-pyrrole nitrogens is 1. The standard InChI is InChI=1S/C29H31N3O5/c1-4-5-14-20-23(24-21(35-2)15-9-16-22(24)36-3)26(33)25(27(34)30-20)29-32-31-28(37-29)19-13-8-11-17-10-6-7-12-18(17)19/h6-7,9-10,12,15-16,19H,4-5,8,11,13-14H2,1-3H3,(H2,30,33,34). The maximum Gasteiger partial charge on any atom is 0.264 e. The molecular formula is C29H31N3O5. The van der Waals surface area contributed by atoms with E-state index in [-0.39, 0.29) is 23.1 Å². The minimum Gasteiger partial charge on any atom is -0.506 e. The molecule has 8 heteroatoms. The molecule has 1 aliphatic rings. The Morgan fingerprint density at radius 3 is 2.51 bits per heavy atom. The average Bonchev–Trinajstić information content (AvgIpc) is 3.40. The van der Waals surface area contributed by atoms with Gasteiger partial charge in [0.2, 0.25) is 5.89 Å². The van der Waals surface area contributed by atoms with Gasteiger partial charge < -0.3 is 24.0 Å². The highest BCUT2D eigenvalue weighted by Gasteiger charge is 2.30. The Hall–Kier alpha value is -4.07. The summed E-state index contributed by atoms with van der Waals surface area (Å²) in [7, 11) is 3.11.